The summed E-state index contributed by atoms with van der Waals surface area (Å²) in [4.78, 5) is 15.4. The van der Waals surface area contributed by atoms with Gasteiger partial charge >= 0.3 is 6.18 Å². The van der Waals surface area contributed by atoms with E-state index in [1.54, 1.807) is 6.07 Å². The highest BCUT2D eigenvalue weighted by Crippen LogP contribution is 2.32. The molecule has 0 atom stereocenters. The van der Waals surface area contributed by atoms with E-state index in [4.69, 9.17) is 5.73 Å². The van der Waals surface area contributed by atoms with E-state index in [0.717, 1.165) is 0 Å². The molecule has 0 spiro atoms. The summed E-state index contributed by atoms with van der Waals surface area (Å²) in [7, 11) is 0. The van der Waals surface area contributed by atoms with Crippen molar-refractivity contribution in [3.63, 3.8) is 0 Å². The maximum absolute atomic E-state index is 12.1. The highest BCUT2D eigenvalue weighted by molar-refractivity contribution is 5.88. The number of nitrogens with one attached hydrogen (secondary N) is 1. The van der Waals surface area contributed by atoms with Gasteiger partial charge in [0.1, 0.15) is 0 Å². The minimum absolute atomic E-state index is 0.0266. The molecule has 1 fully saturated rings. The van der Waals surface area contributed by atoms with Crippen molar-refractivity contribution in [3.8, 4) is 5.88 Å². The lowest BCUT2D eigenvalue weighted by Crippen LogP contribution is -2.42. The smallest absolute Gasteiger partial charge is 0.422 e. The number of nitrogens with zero attached hydrogens (tertiary/aromatic N) is 1. The number of hydrogen-bond donors (Lipinski definition) is 2. The molecule has 1 amide bonds. The Morgan fingerprint density at radius 1 is 1.50 bits per heavy atom. The second-order valence-corrected chi connectivity index (χ2v) is 4.71. The molecule has 0 saturated heterocycles. The van der Waals surface area contributed by atoms with Crippen LogP contribution < -0.4 is 15.8 Å². The molecule has 5 nitrogen and oxygen atoms in total. The first kappa shape index (κ1) is 14.6. The number of carbonyl (C=O) groups is 1. The van der Waals surface area contributed by atoms with Crippen molar-refractivity contribution in [1.29, 1.82) is 0 Å². The first-order valence-corrected chi connectivity index (χ1v) is 6.01. The van der Waals surface area contributed by atoms with Gasteiger partial charge in [-0.3, -0.25) is 4.79 Å². The van der Waals surface area contributed by atoms with Crippen LogP contribution in [0.25, 0.3) is 0 Å². The number of aromatic nitrogens is 1. The maximum atomic E-state index is 12.1. The molecular weight excluding hydrogens is 275 g/mol. The molecule has 0 bridgehead atoms. The zero-order chi connectivity index (χ0) is 14.8. The molecular formula is C12H14F3N3O2. The van der Waals surface area contributed by atoms with E-state index in [0.29, 0.717) is 18.4 Å². The van der Waals surface area contributed by atoms with Gasteiger partial charge in [0.25, 0.3) is 0 Å². The number of hydrogen-bond acceptors (Lipinski definition) is 4. The fourth-order valence-electron chi connectivity index (χ4n) is 1.55. The van der Waals surface area contributed by atoms with Gasteiger partial charge < -0.3 is 15.8 Å². The van der Waals surface area contributed by atoms with Crippen molar-refractivity contribution < 1.29 is 22.7 Å². The fourth-order valence-corrected chi connectivity index (χ4v) is 1.55. The number of halogens is 3. The fraction of sp³-hybridized carbons (Fsp3) is 0.500. The molecule has 1 aliphatic rings. The van der Waals surface area contributed by atoms with Gasteiger partial charge in [-0.25, -0.2) is 4.98 Å². The predicted molar refractivity (Wildman–Crippen MR) is 63.8 cm³/mol. The molecule has 1 aliphatic carbocycles. The van der Waals surface area contributed by atoms with Crippen molar-refractivity contribution in [1.82, 2.24) is 10.3 Å². The van der Waals surface area contributed by atoms with Crippen LogP contribution in [-0.2, 0) is 11.3 Å². The molecule has 20 heavy (non-hydrogen) atoms. The van der Waals surface area contributed by atoms with E-state index in [1.165, 1.54) is 12.3 Å². The van der Waals surface area contributed by atoms with Gasteiger partial charge in [-0.05, 0) is 18.9 Å². The highest BCUT2D eigenvalue weighted by atomic mass is 19.4. The third-order valence-corrected chi connectivity index (χ3v) is 2.90. The molecule has 2 rings (SSSR count). The van der Waals surface area contributed by atoms with Crippen molar-refractivity contribution >= 4 is 5.91 Å². The Hall–Kier alpha value is -1.83. The van der Waals surface area contributed by atoms with Crippen LogP contribution in [0.2, 0.25) is 0 Å². The molecule has 3 N–H and O–H groups in total. The van der Waals surface area contributed by atoms with E-state index < -0.39 is 18.3 Å². The van der Waals surface area contributed by atoms with Gasteiger partial charge in [-0.1, -0.05) is 6.07 Å². The topological polar surface area (TPSA) is 77.2 Å². The molecule has 0 unspecified atom stereocenters. The van der Waals surface area contributed by atoms with Gasteiger partial charge in [-0.2, -0.15) is 13.2 Å². The minimum Gasteiger partial charge on any atom is -0.468 e. The van der Waals surface area contributed by atoms with E-state index in [1.807, 2.05) is 0 Å². The lowest BCUT2D eigenvalue weighted by molar-refractivity contribution is -0.154. The van der Waals surface area contributed by atoms with Crippen LogP contribution in [0.5, 0.6) is 5.88 Å². The van der Waals surface area contributed by atoms with Crippen LogP contribution in [-0.4, -0.2) is 29.2 Å². The molecule has 1 aromatic rings. The molecule has 0 aromatic carbocycles. The molecule has 0 aliphatic heterocycles. The maximum Gasteiger partial charge on any atom is 0.422 e. The van der Waals surface area contributed by atoms with Gasteiger partial charge in [0, 0.05) is 18.3 Å². The summed E-state index contributed by atoms with van der Waals surface area (Å²) in [6.07, 6.45) is -1.89. The normalized spacial score (nSPS) is 16.6. The second-order valence-electron chi connectivity index (χ2n) is 4.71. The third kappa shape index (κ3) is 3.83. The highest BCUT2D eigenvalue weighted by Gasteiger charge is 2.45. The van der Waals surface area contributed by atoms with Crippen LogP contribution in [0.3, 0.4) is 0 Å². The van der Waals surface area contributed by atoms with E-state index in [2.05, 4.69) is 15.0 Å². The van der Waals surface area contributed by atoms with Crippen LogP contribution in [0.4, 0.5) is 13.2 Å². The summed E-state index contributed by atoms with van der Waals surface area (Å²) >= 11 is 0. The lowest BCUT2D eigenvalue weighted by Gasteiger charge is -2.13. The Morgan fingerprint density at radius 2 is 2.20 bits per heavy atom. The van der Waals surface area contributed by atoms with Crippen molar-refractivity contribution in [2.75, 3.05) is 6.61 Å². The van der Waals surface area contributed by atoms with Gasteiger partial charge in [-0.15, -0.1) is 0 Å². The second kappa shape index (κ2) is 5.28. The van der Waals surface area contributed by atoms with Crippen molar-refractivity contribution in [2.24, 2.45) is 5.73 Å². The quantitative estimate of drug-likeness (QED) is 0.852. The third-order valence-electron chi connectivity index (χ3n) is 2.90. The van der Waals surface area contributed by atoms with Gasteiger partial charge in [0.2, 0.25) is 11.8 Å². The molecule has 0 radical (unpaired) electrons. The summed E-state index contributed by atoms with van der Waals surface area (Å²) in [5.74, 6) is -0.463. The van der Waals surface area contributed by atoms with Crippen LogP contribution >= 0.6 is 0 Å². The predicted octanol–water partition coefficient (Wildman–Crippen LogP) is 1.13. The number of nitrogens with two attached hydrogens (primary N) is 1. The Bertz CT molecular complexity index is 501. The number of amides is 1. The van der Waals surface area contributed by atoms with Crippen molar-refractivity contribution in [3.05, 3.63) is 23.9 Å². The van der Waals surface area contributed by atoms with E-state index in [9.17, 15) is 18.0 Å². The summed E-state index contributed by atoms with van der Waals surface area (Å²) in [5.41, 5.74) is 5.25. The first-order chi connectivity index (χ1) is 9.30. The largest absolute Gasteiger partial charge is 0.468 e. The molecule has 110 valence electrons. The molecule has 1 aromatic heterocycles. The number of ether oxygens (including phenoxy) is 1. The van der Waals surface area contributed by atoms with Crippen LogP contribution in [0.15, 0.2) is 18.3 Å². The van der Waals surface area contributed by atoms with E-state index >= 15 is 0 Å². The Morgan fingerprint density at radius 3 is 2.80 bits per heavy atom. The van der Waals surface area contributed by atoms with E-state index in [-0.39, 0.29) is 18.3 Å². The monoisotopic (exact) mass is 289 g/mol. The Balaban J connectivity index is 1.95. The zero-order valence-corrected chi connectivity index (χ0v) is 10.5. The van der Waals surface area contributed by atoms with Gasteiger partial charge in [0.15, 0.2) is 6.61 Å². The molecule has 8 heteroatoms. The average molecular weight is 289 g/mol. The summed E-state index contributed by atoms with van der Waals surface area (Å²) in [6.45, 7) is -1.40. The lowest BCUT2D eigenvalue weighted by atomic mass is 10.2. The van der Waals surface area contributed by atoms with Crippen molar-refractivity contribution in [2.45, 2.75) is 31.1 Å². The number of rotatable bonds is 5. The standard InChI is InChI=1S/C12H14F3N3O2/c13-12(14,15)7-20-9-8(2-1-5-17-9)6-18-10(19)11(16)3-4-11/h1-2,5H,3-4,6-7,16H2,(H,18,19). The van der Waals surface area contributed by atoms with Crippen LogP contribution in [0, 0.1) is 0 Å². The molecule has 1 saturated carbocycles. The zero-order valence-electron chi connectivity index (χ0n) is 10.5. The molecule has 1 heterocycles. The summed E-state index contributed by atoms with van der Waals surface area (Å²) in [6, 6.07) is 3.09. The number of pyridine rings is 1. The van der Waals surface area contributed by atoms with Gasteiger partial charge in [0.05, 0.1) is 5.54 Å². The Labute approximate surface area is 113 Å². The minimum atomic E-state index is -4.44. The first-order valence-electron chi connectivity index (χ1n) is 6.01. The summed E-state index contributed by atoms with van der Waals surface area (Å²) < 4.78 is 41.0. The van der Waals surface area contributed by atoms with Crippen LogP contribution in [0.1, 0.15) is 18.4 Å². The summed E-state index contributed by atoms with van der Waals surface area (Å²) in [5, 5.41) is 2.57. The average Bonchev–Trinajstić information content (AvgIpc) is 3.13. The SMILES string of the molecule is NC1(C(=O)NCc2cccnc2OCC(F)(F)F)CC1. The Kier molecular flexibility index (Phi) is 3.85. The number of carbonyl (C=O) groups excluding carboxylic acids is 1. The number of alkyl halides is 3.